The SMILES string of the molecule is CC(CC(=O)OCc1ccc(F)cc1)NC(=O)c1ccccc1. The van der Waals surface area contributed by atoms with Crippen LogP contribution in [0, 0.1) is 5.82 Å². The third kappa shape index (κ3) is 5.54. The maximum absolute atomic E-state index is 12.8. The molecule has 120 valence electrons. The Labute approximate surface area is 134 Å². The second-order valence-electron chi connectivity index (χ2n) is 5.23. The number of esters is 1. The molecule has 2 rings (SSSR count). The van der Waals surface area contributed by atoms with Crippen LogP contribution >= 0.6 is 0 Å². The summed E-state index contributed by atoms with van der Waals surface area (Å²) in [7, 11) is 0. The van der Waals surface area contributed by atoms with Crippen LogP contribution < -0.4 is 5.32 Å². The summed E-state index contributed by atoms with van der Waals surface area (Å²) in [4.78, 5) is 23.7. The lowest BCUT2D eigenvalue weighted by Crippen LogP contribution is -2.34. The molecule has 1 unspecified atom stereocenters. The summed E-state index contributed by atoms with van der Waals surface area (Å²) >= 11 is 0. The summed E-state index contributed by atoms with van der Waals surface area (Å²) in [6.45, 7) is 1.82. The van der Waals surface area contributed by atoms with Gasteiger partial charge in [0, 0.05) is 11.6 Å². The lowest BCUT2D eigenvalue weighted by Gasteiger charge is -2.13. The van der Waals surface area contributed by atoms with Gasteiger partial charge in [0.1, 0.15) is 12.4 Å². The Morgan fingerprint density at radius 3 is 2.39 bits per heavy atom. The minimum absolute atomic E-state index is 0.0692. The van der Waals surface area contributed by atoms with Gasteiger partial charge in [0.15, 0.2) is 0 Å². The Kier molecular flexibility index (Phi) is 5.86. The van der Waals surface area contributed by atoms with Crippen molar-refractivity contribution >= 4 is 11.9 Å². The quantitative estimate of drug-likeness (QED) is 0.834. The number of amides is 1. The van der Waals surface area contributed by atoms with E-state index < -0.39 is 5.97 Å². The first-order valence-corrected chi connectivity index (χ1v) is 7.30. The van der Waals surface area contributed by atoms with Crippen molar-refractivity contribution < 1.29 is 18.7 Å². The van der Waals surface area contributed by atoms with E-state index in [0.717, 1.165) is 0 Å². The van der Waals surface area contributed by atoms with Crippen molar-refractivity contribution in [2.75, 3.05) is 0 Å². The van der Waals surface area contributed by atoms with E-state index in [0.29, 0.717) is 11.1 Å². The van der Waals surface area contributed by atoms with Crippen LogP contribution in [0.15, 0.2) is 54.6 Å². The topological polar surface area (TPSA) is 55.4 Å². The molecule has 0 aromatic heterocycles. The van der Waals surface area contributed by atoms with Crippen LogP contribution in [0.4, 0.5) is 4.39 Å². The van der Waals surface area contributed by atoms with Gasteiger partial charge in [-0.05, 0) is 36.8 Å². The summed E-state index contributed by atoms with van der Waals surface area (Å²) in [6, 6.07) is 14.2. The van der Waals surface area contributed by atoms with Gasteiger partial charge in [-0.3, -0.25) is 9.59 Å². The molecule has 1 N–H and O–H groups in total. The van der Waals surface area contributed by atoms with Crippen LogP contribution in [-0.2, 0) is 16.1 Å². The average molecular weight is 315 g/mol. The first-order chi connectivity index (χ1) is 11.0. The third-order valence-electron chi connectivity index (χ3n) is 3.20. The number of hydrogen-bond donors (Lipinski definition) is 1. The first kappa shape index (κ1) is 16.7. The molecule has 0 heterocycles. The van der Waals surface area contributed by atoms with Crippen molar-refractivity contribution in [3.63, 3.8) is 0 Å². The lowest BCUT2D eigenvalue weighted by molar-refractivity contribution is -0.145. The molecule has 2 aromatic rings. The molecule has 0 spiro atoms. The molecule has 1 atom stereocenters. The highest BCUT2D eigenvalue weighted by atomic mass is 19.1. The molecule has 0 saturated heterocycles. The Bertz CT molecular complexity index is 656. The fourth-order valence-corrected chi connectivity index (χ4v) is 2.00. The maximum Gasteiger partial charge on any atom is 0.308 e. The van der Waals surface area contributed by atoms with Crippen LogP contribution in [0.2, 0.25) is 0 Å². The number of rotatable bonds is 6. The third-order valence-corrected chi connectivity index (χ3v) is 3.20. The van der Waals surface area contributed by atoms with Crippen LogP contribution in [0.3, 0.4) is 0 Å². The number of carbonyl (C=O) groups is 2. The zero-order valence-electron chi connectivity index (χ0n) is 12.8. The molecule has 5 heteroatoms. The number of halogens is 1. The van der Waals surface area contributed by atoms with Gasteiger partial charge >= 0.3 is 5.97 Å². The van der Waals surface area contributed by atoms with Crippen molar-refractivity contribution in [1.82, 2.24) is 5.32 Å². The van der Waals surface area contributed by atoms with E-state index in [4.69, 9.17) is 4.74 Å². The number of ether oxygens (including phenoxy) is 1. The molecule has 23 heavy (non-hydrogen) atoms. The first-order valence-electron chi connectivity index (χ1n) is 7.30. The molecule has 1 amide bonds. The van der Waals surface area contributed by atoms with E-state index in [1.54, 1.807) is 43.3 Å². The highest BCUT2D eigenvalue weighted by molar-refractivity contribution is 5.94. The highest BCUT2D eigenvalue weighted by Gasteiger charge is 2.14. The van der Waals surface area contributed by atoms with E-state index in [2.05, 4.69) is 5.32 Å². The average Bonchev–Trinajstić information content (AvgIpc) is 2.55. The molecule has 0 aliphatic rings. The molecule has 0 bridgehead atoms. The molecule has 0 saturated carbocycles. The standard InChI is InChI=1S/C18H18FNO3/c1-13(20-18(22)15-5-3-2-4-6-15)11-17(21)23-12-14-7-9-16(19)10-8-14/h2-10,13H,11-12H2,1H3,(H,20,22). The summed E-state index contributed by atoms with van der Waals surface area (Å²) in [5.74, 6) is -0.989. The van der Waals surface area contributed by atoms with Gasteiger partial charge in [0.25, 0.3) is 5.91 Å². The zero-order valence-corrected chi connectivity index (χ0v) is 12.8. The molecule has 0 aliphatic heterocycles. The van der Waals surface area contributed by atoms with Gasteiger partial charge in [0.2, 0.25) is 0 Å². The number of hydrogen-bond acceptors (Lipinski definition) is 3. The summed E-state index contributed by atoms with van der Waals surface area (Å²) in [5, 5.41) is 2.74. The van der Waals surface area contributed by atoms with Gasteiger partial charge in [-0.1, -0.05) is 30.3 Å². The monoisotopic (exact) mass is 315 g/mol. The van der Waals surface area contributed by atoms with Crippen LogP contribution in [0.1, 0.15) is 29.3 Å². The molecular weight excluding hydrogens is 297 g/mol. The van der Waals surface area contributed by atoms with E-state index in [-0.39, 0.29) is 30.8 Å². The van der Waals surface area contributed by atoms with E-state index in [1.807, 2.05) is 6.07 Å². The zero-order chi connectivity index (χ0) is 16.7. The lowest BCUT2D eigenvalue weighted by atomic mass is 10.2. The second-order valence-corrected chi connectivity index (χ2v) is 5.23. The second kappa shape index (κ2) is 8.08. The van der Waals surface area contributed by atoms with Gasteiger partial charge < -0.3 is 10.1 Å². The van der Waals surface area contributed by atoms with Gasteiger partial charge in [0.05, 0.1) is 6.42 Å². The largest absolute Gasteiger partial charge is 0.461 e. The predicted octanol–water partition coefficient (Wildman–Crippen LogP) is 3.08. The van der Waals surface area contributed by atoms with Crippen LogP contribution in [-0.4, -0.2) is 17.9 Å². The fourth-order valence-electron chi connectivity index (χ4n) is 2.00. The Balaban J connectivity index is 1.76. The van der Waals surface area contributed by atoms with E-state index >= 15 is 0 Å². The van der Waals surface area contributed by atoms with Crippen molar-refractivity contribution in [3.05, 3.63) is 71.5 Å². The van der Waals surface area contributed by atoms with Crippen LogP contribution in [0.25, 0.3) is 0 Å². The predicted molar refractivity (Wildman–Crippen MR) is 84.2 cm³/mol. The molecule has 2 aromatic carbocycles. The van der Waals surface area contributed by atoms with Gasteiger partial charge in [-0.15, -0.1) is 0 Å². The molecule has 0 radical (unpaired) electrons. The van der Waals surface area contributed by atoms with E-state index in [1.165, 1.54) is 12.1 Å². The summed E-state index contributed by atoms with van der Waals surface area (Å²) < 4.78 is 17.9. The Hall–Kier alpha value is -2.69. The fraction of sp³-hybridized carbons (Fsp3) is 0.222. The number of benzene rings is 2. The van der Waals surface area contributed by atoms with Gasteiger partial charge in [-0.25, -0.2) is 4.39 Å². The highest BCUT2D eigenvalue weighted by Crippen LogP contribution is 2.06. The van der Waals surface area contributed by atoms with Crippen molar-refractivity contribution in [3.8, 4) is 0 Å². The number of nitrogens with one attached hydrogen (secondary N) is 1. The van der Waals surface area contributed by atoms with Gasteiger partial charge in [-0.2, -0.15) is 0 Å². The van der Waals surface area contributed by atoms with Crippen molar-refractivity contribution in [2.24, 2.45) is 0 Å². The van der Waals surface area contributed by atoms with Crippen molar-refractivity contribution in [2.45, 2.75) is 26.0 Å². The molecule has 4 nitrogen and oxygen atoms in total. The molecule has 0 fully saturated rings. The normalized spacial score (nSPS) is 11.6. The summed E-state index contributed by atoms with van der Waals surface area (Å²) in [5.41, 5.74) is 1.25. The molecular formula is C18H18FNO3. The maximum atomic E-state index is 12.8. The Morgan fingerprint density at radius 1 is 1.09 bits per heavy atom. The summed E-state index contributed by atoms with van der Waals surface area (Å²) in [6.07, 6.45) is 0.0692. The molecule has 0 aliphatic carbocycles. The van der Waals surface area contributed by atoms with Crippen LogP contribution in [0.5, 0.6) is 0 Å². The van der Waals surface area contributed by atoms with Crippen molar-refractivity contribution in [1.29, 1.82) is 0 Å². The number of carbonyl (C=O) groups excluding carboxylic acids is 2. The minimum Gasteiger partial charge on any atom is -0.461 e. The Morgan fingerprint density at radius 2 is 1.74 bits per heavy atom. The minimum atomic E-state index is -0.421. The van der Waals surface area contributed by atoms with E-state index in [9.17, 15) is 14.0 Å². The smallest absolute Gasteiger partial charge is 0.308 e.